The van der Waals surface area contributed by atoms with Crippen LogP contribution < -0.4 is 5.32 Å². The Morgan fingerprint density at radius 1 is 1.47 bits per heavy atom. The van der Waals surface area contributed by atoms with E-state index in [1.807, 2.05) is 18.7 Å². The van der Waals surface area contributed by atoms with Crippen LogP contribution in [0, 0.1) is 0 Å². The Morgan fingerprint density at radius 2 is 2.32 bits per heavy atom. The van der Waals surface area contributed by atoms with E-state index >= 15 is 0 Å². The lowest BCUT2D eigenvalue weighted by atomic mass is 10.1. The standard InChI is InChI=1S/C13H20N4O2/c1-8-7-19-9(2)6-17(8)13(18)12-10-5-14-4-3-11(10)15-16-12/h8-9,14H,3-7H2,1-2H3,(H,15,16). The van der Waals surface area contributed by atoms with Crippen molar-refractivity contribution >= 4 is 5.91 Å². The first kappa shape index (κ1) is 12.6. The van der Waals surface area contributed by atoms with Gasteiger partial charge in [0.05, 0.1) is 18.8 Å². The van der Waals surface area contributed by atoms with Crippen LogP contribution in [0.3, 0.4) is 0 Å². The first-order chi connectivity index (χ1) is 9.16. The molecule has 2 aliphatic rings. The number of hydrogen-bond donors (Lipinski definition) is 2. The number of carbonyl (C=O) groups excluding carboxylic acids is 1. The van der Waals surface area contributed by atoms with E-state index in [-0.39, 0.29) is 18.1 Å². The van der Waals surface area contributed by atoms with E-state index in [4.69, 9.17) is 4.74 Å². The van der Waals surface area contributed by atoms with Crippen LogP contribution in [0.15, 0.2) is 0 Å². The number of aromatic amines is 1. The average Bonchev–Trinajstić information content (AvgIpc) is 2.84. The van der Waals surface area contributed by atoms with Gasteiger partial charge in [0, 0.05) is 37.3 Å². The van der Waals surface area contributed by atoms with E-state index in [1.165, 1.54) is 0 Å². The molecule has 0 saturated carbocycles. The van der Waals surface area contributed by atoms with Crippen LogP contribution >= 0.6 is 0 Å². The van der Waals surface area contributed by atoms with Crippen LogP contribution in [-0.4, -0.2) is 52.8 Å². The Bertz CT molecular complexity index is 485. The summed E-state index contributed by atoms with van der Waals surface area (Å²) in [5, 5.41) is 10.5. The number of carbonyl (C=O) groups is 1. The van der Waals surface area contributed by atoms with Crippen molar-refractivity contribution in [2.45, 2.75) is 39.0 Å². The summed E-state index contributed by atoms with van der Waals surface area (Å²) in [7, 11) is 0. The minimum absolute atomic E-state index is 0.0175. The highest BCUT2D eigenvalue weighted by atomic mass is 16.5. The summed E-state index contributed by atoms with van der Waals surface area (Å²) < 4.78 is 5.57. The lowest BCUT2D eigenvalue weighted by molar-refractivity contribution is -0.0389. The third-order valence-electron chi connectivity index (χ3n) is 3.88. The molecule has 0 radical (unpaired) electrons. The molecule has 0 aromatic carbocycles. The van der Waals surface area contributed by atoms with Crippen LogP contribution in [0.2, 0.25) is 0 Å². The molecule has 0 bridgehead atoms. The molecule has 2 unspecified atom stereocenters. The molecule has 3 heterocycles. The van der Waals surface area contributed by atoms with Gasteiger partial charge < -0.3 is 15.0 Å². The number of nitrogens with zero attached hydrogens (tertiary/aromatic N) is 2. The third kappa shape index (κ3) is 2.26. The van der Waals surface area contributed by atoms with Gasteiger partial charge in [-0.3, -0.25) is 9.89 Å². The Balaban J connectivity index is 1.85. The van der Waals surface area contributed by atoms with Gasteiger partial charge in [-0.15, -0.1) is 0 Å². The van der Waals surface area contributed by atoms with Gasteiger partial charge in [-0.1, -0.05) is 0 Å². The SMILES string of the molecule is CC1CN(C(=O)c2n[nH]c3c2CNCC3)C(C)CO1. The summed E-state index contributed by atoms with van der Waals surface area (Å²) in [5.41, 5.74) is 2.70. The normalized spacial score (nSPS) is 27.2. The summed E-state index contributed by atoms with van der Waals surface area (Å²) in [6, 6.07) is 0.104. The second-order valence-corrected chi connectivity index (χ2v) is 5.41. The fourth-order valence-electron chi connectivity index (χ4n) is 2.72. The molecular formula is C13H20N4O2. The Morgan fingerprint density at radius 3 is 3.16 bits per heavy atom. The van der Waals surface area contributed by atoms with Crippen molar-refractivity contribution in [1.82, 2.24) is 20.4 Å². The van der Waals surface area contributed by atoms with Crippen molar-refractivity contribution in [2.75, 3.05) is 19.7 Å². The van der Waals surface area contributed by atoms with E-state index in [2.05, 4.69) is 15.5 Å². The summed E-state index contributed by atoms with van der Waals surface area (Å²) in [4.78, 5) is 14.5. The number of morpholine rings is 1. The summed E-state index contributed by atoms with van der Waals surface area (Å²) in [5.74, 6) is 0.0175. The third-order valence-corrected chi connectivity index (χ3v) is 3.88. The van der Waals surface area contributed by atoms with Crippen LogP contribution in [0.1, 0.15) is 35.6 Å². The zero-order valence-corrected chi connectivity index (χ0v) is 11.4. The minimum atomic E-state index is 0.0175. The molecule has 2 aliphatic heterocycles. The highest BCUT2D eigenvalue weighted by Gasteiger charge is 2.32. The van der Waals surface area contributed by atoms with E-state index in [1.54, 1.807) is 0 Å². The van der Waals surface area contributed by atoms with Crippen molar-refractivity contribution in [2.24, 2.45) is 0 Å². The van der Waals surface area contributed by atoms with Crippen molar-refractivity contribution in [3.63, 3.8) is 0 Å². The molecule has 19 heavy (non-hydrogen) atoms. The molecule has 6 nitrogen and oxygen atoms in total. The largest absolute Gasteiger partial charge is 0.375 e. The predicted molar refractivity (Wildman–Crippen MR) is 69.9 cm³/mol. The van der Waals surface area contributed by atoms with Gasteiger partial charge in [0.1, 0.15) is 0 Å². The van der Waals surface area contributed by atoms with E-state index < -0.39 is 0 Å². The van der Waals surface area contributed by atoms with Crippen molar-refractivity contribution in [3.05, 3.63) is 17.0 Å². The highest BCUT2D eigenvalue weighted by molar-refractivity contribution is 5.94. The second-order valence-electron chi connectivity index (χ2n) is 5.41. The Hall–Kier alpha value is -1.40. The maximum Gasteiger partial charge on any atom is 0.275 e. The van der Waals surface area contributed by atoms with Crippen LogP contribution in [0.25, 0.3) is 0 Å². The van der Waals surface area contributed by atoms with Gasteiger partial charge in [-0.2, -0.15) is 5.10 Å². The number of hydrogen-bond acceptors (Lipinski definition) is 4. The first-order valence-electron chi connectivity index (χ1n) is 6.86. The fraction of sp³-hybridized carbons (Fsp3) is 0.692. The van der Waals surface area contributed by atoms with Crippen molar-refractivity contribution in [3.8, 4) is 0 Å². The van der Waals surface area contributed by atoms with Crippen molar-refractivity contribution in [1.29, 1.82) is 0 Å². The molecule has 104 valence electrons. The number of ether oxygens (including phenoxy) is 1. The zero-order valence-electron chi connectivity index (χ0n) is 11.4. The number of H-pyrrole nitrogens is 1. The molecule has 1 amide bonds. The van der Waals surface area contributed by atoms with Gasteiger partial charge in [-0.05, 0) is 13.8 Å². The molecule has 1 aromatic rings. The number of rotatable bonds is 1. The lowest BCUT2D eigenvalue weighted by Gasteiger charge is -2.36. The topological polar surface area (TPSA) is 70.2 Å². The van der Waals surface area contributed by atoms with Crippen LogP contribution in [0.5, 0.6) is 0 Å². The summed E-state index contributed by atoms with van der Waals surface area (Å²) in [6.07, 6.45) is 0.998. The average molecular weight is 264 g/mol. The smallest absolute Gasteiger partial charge is 0.275 e. The van der Waals surface area contributed by atoms with Gasteiger partial charge in [0.2, 0.25) is 0 Å². The molecule has 1 saturated heterocycles. The molecule has 1 aromatic heterocycles. The second kappa shape index (κ2) is 4.94. The lowest BCUT2D eigenvalue weighted by Crippen LogP contribution is -2.50. The van der Waals surface area contributed by atoms with Crippen LogP contribution in [-0.2, 0) is 17.7 Å². The zero-order chi connectivity index (χ0) is 13.4. The predicted octanol–water partition coefficient (Wildman–Crippen LogP) is 0.305. The Labute approximate surface area is 112 Å². The molecule has 0 spiro atoms. The maximum absolute atomic E-state index is 12.6. The number of aromatic nitrogens is 2. The van der Waals surface area contributed by atoms with E-state index in [9.17, 15) is 4.79 Å². The number of nitrogens with one attached hydrogen (secondary N) is 2. The number of fused-ring (bicyclic) bond motifs is 1. The highest BCUT2D eigenvalue weighted by Crippen LogP contribution is 2.20. The van der Waals surface area contributed by atoms with Gasteiger partial charge in [-0.25, -0.2) is 0 Å². The molecule has 2 N–H and O–H groups in total. The number of amides is 1. The van der Waals surface area contributed by atoms with E-state index in [0.29, 0.717) is 18.8 Å². The molecule has 6 heteroatoms. The molecule has 2 atom stereocenters. The van der Waals surface area contributed by atoms with Gasteiger partial charge in [0.25, 0.3) is 5.91 Å². The minimum Gasteiger partial charge on any atom is -0.375 e. The monoisotopic (exact) mass is 264 g/mol. The maximum atomic E-state index is 12.6. The first-order valence-corrected chi connectivity index (χ1v) is 6.86. The Kier molecular flexibility index (Phi) is 3.28. The molecular weight excluding hydrogens is 244 g/mol. The molecule has 0 aliphatic carbocycles. The van der Waals surface area contributed by atoms with Crippen LogP contribution in [0.4, 0.5) is 0 Å². The molecule has 1 fully saturated rings. The quantitative estimate of drug-likeness (QED) is 0.765. The molecule has 3 rings (SSSR count). The van der Waals surface area contributed by atoms with Gasteiger partial charge in [0.15, 0.2) is 5.69 Å². The summed E-state index contributed by atoms with van der Waals surface area (Å²) >= 11 is 0. The fourth-order valence-corrected chi connectivity index (χ4v) is 2.72. The van der Waals surface area contributed by atoms with Gasteiger partial charge >= 0.3 is 0 Å². The summed E-state index contributed by atoms with van der Waals surface area (Å²) in [6.45, 7) is 6.90. The van der Waals surface area contributed by atoms with E-state index in [0.717, 1.165) is 30.8 Å². The van der Waals surface area contributed by atoms with Crippen molar-refractivity contribution < 1.29 is 9.53 Å².